The Bertz CT molecular complexity index is 733. The topological polar surface area (TPSA) is 105 Å². The zero-order chi connectivity index (χ0) is 19.5. The summed E-state index contributed by atoms with van der Waals surface area (Å²) in [5.74, 6) is -0.371. The quantitative estimate of drug-likeness (QED) is 0.712. The SMILES string of the molecule is CCC(C)(CC)C(=O)NCC1(O)CN(C(=O)Cn2nc(C)ccc2=O)C1. The van der Waals surface area contributed by atoms with E-state index in [1.807, 2.05) is 20.8 Å². The molecule has 8 heteroatoms. The van der Waals surface area contributed by atoms with Crippen LogP contribution in [0, 0.1) is 12.3 Å². The molecular weight excluding hydrogens is 336 g/mol. The van der Waals surface area contributed by atoms with E-state index < -0.39 is 11.0 Å². The molecule has 1 fully saturated rings. The molecule has 2 rings (SSSR count). The molecule has 8 nitrogen and oxygen atoms in total. The van der Waals surface area contributed by atoms with E-state index in [2.05, 4.69) is 10.4 Å². The van der Waals surface area contributed by atoms with Gasteiger partial charge in [0.1, 0.15) is 12.1 Å². The second-order valence-electron chi connectivity index (χ2n) is 7.40. The van der Waals surface area contributed by atoms with Gasteiger partial charge in [-0.3, -0.25) is 14.4 Å². The van der Waals surface area contributed by atoms with Crippen molar-refractivity contribution in [1.82, 2.24) is 20.0 Å². The molecule has 0 atom stereocenters. The molecule has 0 spiro atoms. The maximum Gasteiger partial charge on any atom is 0.267 e. The molecule has 1 aromatic rings. The number of rotatable bonds is 7. The van der Waals surface area contributed by atoms with E-state index in [4.69, 9.17) is 0 Å². The molecule has 1 aliphatic rings. The Hall–Kier alpha value is -2.22. The molecule has 1 aliphatic heterocycles. The maximum atomic E-state index is 12.3. The van der Waals surface area contributed by atoms with Gasteiger partial charge in [-0.05, 0) is 25.8 Å². The minimum absolute atomic E-state index is 0.0868. The fraction of sp³-hybridized carbons (Fsp3) is 0.667. The maximum absolute atomic E-state index is 12.3. The summed E-state index contributed by atoms with van der Waals surface area (Å²) in [4.78, 5) is 37.7. The summed E-state index contributed by atoms with van der Waals surface area (Å²) in [6.45, 7) is 7.76. The van der Waals surface area contributed by atoms with Gasteiger partial charge in [0.25, 0.3) is 5.56 Å². The van der Waals surface area contributed by atoms with Crippen LogP contribution in [-0.4, -0.2) is 56.8 Å². The normalized spacial score (nSPS) is 16.1. The highest BCUT2D eigenvalue weighted by Gasteiger charge is 2.44. The molecule has 0 aromatic carbocycles. The van der Waals surface area contributed by atoms with Gasteiger partial charge in [-0.25, -0.2) is 4.68 Å². The number of nitrogens with one attached hydrogen (secondary N) is 1. The average Bonchev–Trinajstić information content (AvgIpc) is 2.59. The number of aliphatic hydroxyl groups is 1. The van der Waals surface area contributed by atoms with Crippen LogP contribution in [0.15, 0.2) is 16.9 Å². The highest BCUT2D eigenvalue weighted by molar-refractivity contribution is 5.82. The third-order valence-electron chi connectivity index (χ3n) is 5.29. The number of β-amino-alcohol motifs (C(OH)–C–C–N with tert-alkyl or cyclic N) is 1. The number of carbonyl (C=O) groups excluding carboxylic acids is 2. The molecular formula is C18H28N4O4. The van der Waals surface area contributed by atoms with Crippen LogP contribution in [-0.2, 0) is 16.1 Å². The largest absolute Gasteiger partial charge is 0.384 e. The predicted octanol–water partition coefficient (Wildman–Crippen LogP) is 0.0675. The van der Waals surface area contributed by atoms with Gasteiger partial charge < -0.3 is 15.3 Å². The minimum Gasteiger partial charge on any atom is -0.384 e. The van der Waals surface area contributed by atoms with Crippen LogP contribution in [0.5, 0.6) is 0 Å². The van der Waals surface area contributed by atoms with Crippen molar-refractivity contribution in [2.75, 3.05) is 19.6 Å². The first-order valence-electron chi connectivity index (χ1n) is 8.96. The molecule has 2 N–H and O–H groups in total. The summed E-state index contributed by atoms with van der Waals surface area (Å²) >= 11 is 0. The molecule has 0 radical (unpaired) electrons. The van der Waals surface area contributed by atoms with Crippen LogP contribution in [0.25, 0.3) is 0 Å². The lowest BCUT2D eigenvalue weighted by molar-refractivity contribution is -0.156. The first kappa shape index (κ1) is 20.1. The van der Waals surface area contributed by atoms with Gasteiger partial charge in [-0.15, -0.1) is 0 Å². The van der Waals surface area contributed by atoms with Gasteiger partial charge in [-0.1, -0.05) is 20.8 Å². The van der Waals surface area contributed by atoms with Gasteiger partial charge >= 0.3 is 0 Å². The molecule has 0 saturated carbocycles. The van der Waals surface area contributed by atoms with E-state index in [1.165, 1.54) is 11.0 Å². The fourth-order valence-corrected chi connectivity index (χ4v) is 2.87. The van der Waals surface area contributed by atoms with Crippen molar-refractivity contribution in [3.05, 3.63) is 28.2 Å². The lowest BCUT2D eigenvalue weighted by atomic mass is 9.83. The summed E-state index contributed by atoms with van der Waals surface area (Å²) in [5, 5.41) is 17.3. The van der Waals surface area contributed by atoms with Gasteiger partial charge in [0.05, 0.1) is 18.8 Å². The van der Waals surface area contributed by atoms with Crippen molar-refractivity contribution in [2.45, 2.75) is 52.7 Å². The smallest absolute Gasteiger partial charge is 0.267 e. The summed E-state index contributed by atoms with van der Waals surface area (Å²) in [7, 11) is 0. The van der Waals surface area contributed by atoms with Crippen molar-refractivity contribution < 1.29 is 14.7 Å². The standard InChI is InChI=1S/C18H28N4O4/c1-5-17(4,6-2)16(25)19-10-18(26)11-21(12-18)15(24)9-22-14(23)8-7-13(3)20-22/h7-8,26H,5-6,9-12H2,1-4H3,(H,19,25). The third kappa shape index (κ3) is 4.30. The average molecular weight is 364 g/mol. The second-order valence-corrected chi connectivity index (χ2v) is 7.40. The number of hydrogen-bond acceptors (Lipinski definition) is 5. The van der Waals surface area contributed by atoms with Crippen LogP contribution in [0.3, 0.4) is 0 Å². The molecule has 2 amide bonds. The Morgan fingerprint density at radius 2 is 1.92 bits per heavy atom. The zero-order valence-corrected chi connectivity index (χ0v) is 15.9. The fourth-order valence-electron chi connectivity index (χ4n) is 2.87. The van der Waals surface area contributed by atoms with E-state index in [0.29, 0.717) is 5.69 Å². The number of carbonyl (C=O) groups is 2. The van der Waals surface area contributed by atoms with E-state index in [1.54, 1.807) is 13.0 Å². The number of aryl methyl sites for hydroxylation is 1. The molecule has 2 heterocycles. The lowest BCUT2D eigenvalue weighted by Crippen LogP contribution is -2.68. The third-order valence-corrected chi connectivity index (χ3v) is 5.29. The molecule has 1 aromatic heterocycles. The van der Waals surface area contributed by atoms with Crippen LogP contribution in [0.2, 0.25) is 0 Å². The summed E-state index contributed by atoms with van der Waals surface area (Å²) in [6, 6.07) is 2.96. The molecule has 26 heavy (non-hydrogen) atoms. The number of hydrogen-bond donors (Lipinski definition) is 2. The van der Waals surface area contributed by atoms with E-state index >= 15 is 0 Å². The predicted molar refractivity (Wildman–Crippen MR) is 96.5 cm³/mol. The zero-order valence-electron chi connectivity index (χ0n) is 15.9. The van der Waals surface area contributed by atoms with Crippen molar-refractivity contribution in [2.24, 2.45) is 5.41 Å². The van der Waals surface area contributed by atoms with Gasteiger partial charge in [0.15, 0.2) is 0 Å². The van der Waals surface area contributed by atoms with Gasteiger partial charge in [0.2, 0.25) is 11.8 Å². The van der Waals surface area contributed by atoms with E-state index in [-0.39, 0.29) is 43.6 Å². The van der Waals surface area contributed by atoms with Crippen LogP contribution < -0.4 is 10.9 Å². The van der Waals surface area contributed by atoms with Crippen molar-refractivity contribution in [1.29, 1.82) is 0 Å². The minimum atomic E-state index is -1.13. The molecule has 0 unspecified atom stereocenters. The van der Waals surface area contributed by atoms with Crippen LogP contribution in [0.1, 0.15) is 39.3 Å². The molecule has 0 bridgehead atoms. The summed E-state index contributed by atoms with van der Waals surface area (Å²) < 4.78 is 1.12. The van der Waals surface area contributed by atoms with Crippen molar-refractivity contribution in [3.8, 4) is 0 Å². The second kappa shape index (κ2) is 7.57. The first-order valence-corrected chi connectivity index (χ1v) is 8.96. The Labute approximate surface area is 153 Å². The number of amides is 2. The van der Waals surface area contributed by atoms with Gasteiger partial charge in [-0.2, -0.15) is 5.10 Å². The van der Waals surface area contributed by atoms with Gasteiger partial charge in [0, 0.05) is 18.0 Å². The van der Waals surface area contributed by atoms with E-state index in [0.717, 1.165) is 17.5 Å². The number of likely N-dealkylation sites (tertiary alicyclic amines) is 1. The highest BCUT2D eigenvalue weighted by Crippen LogP contribution is 2.26. The summed E-state index contributed by atoms with van der Waals surface area (Å²) in [5.41, 5.74) is -1.27. The molecule has 0 aliphatic carbocycles. The van der Waals surface area contributed by atoms with Crippen molar-refractivity contribution in [3.63, 3.8) is 0 Å². The highest BCUT2D eigenvalue weighted by atomic mass is 16.3. The monoisotopic (exact) mass is 364 g/mol. The Kier molecular flexibility index (Phi) is 5.85. The number of aromatic nitrogens is 2. The van der Waals surface area contributed by atoms with Crippen LogP contribution >= 0.6 is 0 Å². The number of nitrogens with zero attached hydrogens (tertiary/aromatic N) is 3. The Balaban J connectivity index is 1.87. The van der Waals surface area contributed by atoms with E-state index in [9.17, 15) is 19.5 Å². The Morgan fingerprint density at radius 3 is 2.50 bits per heavy atom. The summed E-state index contributed by atoms with van der Waals surface area (Å²) in [6.07, 6.45) is 1.44. The van der Waals surface area contributed by atoms with Crippen molar-refractivity contribution >= 4 is 11.8 Å². The van der Waals surface area contributed by atoms with Crippen LogP contribution in [0.4, 0.5) is 0 Å². The Morgan fingerprint density at radius 1 is 1.31 bits per heavy atom. The first-order chi connectivity index (χ1) is 12.1. The lowest BCUT2D eigenvalue weighted by Gasteiger charge is -2.46. The molecule has 144 valence electrons. The molecule has 1 saturated heterocycles.